The van der Waals surface area contributed by atoms with Gasteiger partial charge in [-0.25, -0.2) is 0 Å². The zero-order chi connectivity index (χ0) is 12.8. The van der Waals surface area contributed by atoms with Crippen LogP contribution in [0.1, 0.15) is 55.7 Å². The van der Waals surface area contributed by atoms with Crippen LogP contribution in [0.2, 0.25) is 0 Å². The quantitative estimate of drug-likeness (QED) is 0.848. The van der Waals surface area contributed by atoms with Crippen molar-refractivity contribution in [3.05, 3.63) is 34.9 Å². The molecule has 98 valence electrons. The second-order valence-electron chi connectivity index (χ2n) is 6.53. The Balaban J connectivity index is 1.86. The van der Waals surface area contributed by atoms with Crippen molar-refractivity contribution in [1.82, 2.24) is 5.32 Å². The highest BCUT2D eigenvalue weighted by Crippen LogP contribution is 2.63. The van der Waals surface area contributed by atoms with Crippen molar-refractivity contribution in [3.8, 4) is 0 Å². The largest absolute Gasteiger partial charge is 0.310 e. The standard InChI is InChI=1S/C17H25N/c1-4-14-6-7-15(10-13(14)2)17(18-3)11-16(12-17)8-5-9-16/h6-7,10,18H,4-5,8-9,11-12H2,1-3H3. The molecule has 0 saturated heterocycles. The molecule has 0 aliphatic heterocycles. The zero-order valence-corrected chi connectivity index (χ0v) is 12.0. The first kappa shape index (κ1) is 12.2. The van der Waals surface area contributed by atoms with Crippen LogP contribution in [0.15, 0.2) is 18.2 Å². The Morgan fingerprint density at radius 3 is 2.39 bits per heavy atom. The van der Waals surface area contributed by atoms with Crippen molar-refractivity contribution < 1.29 is 0 Å². The molecule has 2 saturated carbocycles. The molecule has 1 aromatic rings. The Kier molecular flexibility index (Phi) is 2.78. The number of rotatable bonds is 3. The van der Waals surface area contributed by atoms with Gasteiger partial charge in [0.1, 0.15) is 0 Å². The smallest absolute Gasteiger partial charge is 0.0442 e. The summed E-state index contributed by atoms with van der Waals surface area (Å²) < 4.78 is 0. The number of benzene rings is 1. The maximum Gasteiger partial charge on any atom is 0.0442 e. The fraction of sp³-hybridized carbons (Fsp3) is 0.647. The summed E-state index contributed by atoms with van der Waals surface area (Å²) in [5.74, 6) is 0. The number of hydrogen-bond acceptors (Lipinski definition) is 1. The van der Waals surface area contributed by atoms with E-state index in [-0.39, 0.29) is 5.54 Å². The van der Waals surface area contributed by atoms with Gasteiger partial charge in [0.05, 0.1) is 0 Å². The average Bonchev–Trinajstić information content (AvgIpc) is 2.27. The molecule has 18 heavy (non-hydrogen) atoms. The Hall–Kier alpha value is -0.820. The molecule has 1 nitrogen and oxygen atoms in total. The molecule has 1 heteroatoms. The first-order chi connectivity index (χ1) is 8.63. The second-order valence-corrected chi connectivity index (χ2v) is 6.53. The van der Waals surface area contributed by atoms with Crippen LogP contribution in [0, 0.1) is 12.3 Å². The Labute approximate surface area is 111 Å². The van der Waals surface area contributed by atoms with Gasteiger partial charge in [-0.3, -0.25) is 0 Å². The minimum absolute atomic E-state index is 0.275. The molecule has 0 unspecified atom stereocenters. The van der Waals surface area contributed by atoms with Crippen LogP contribution in [-0.4, -0.2) is 7.05 Å². The summed E-state index contributed by atoms with van der Waals surface area (Å²) in [6.45, 7) is 4.49. The van der Waals surface area contributed by atoms with Crippen molar-refractivity contribution in [1.29, 1.82) is 0 Å². The summed E-state index contributed by atoms with van der Waals surface area (Å²) in [6, 6.07) is 7.10. The van der Waals surface area contributed by atoms with Crippen molar-refractivity contribution in [2.45, 2.75) is 57.9 Å². The van der Waals surface area contributed by atoms with E-state index in [1.54, 1.807) is 0 Å². The third-order valence-electron chi connectivity index (χ3n) is 5.52. The van der Waals surface area contributed by atoms with E-state index < -0.39 is 0 Å². The van der Waals surface area contributed by atoms with Gasteiger partial charge in [-0.1, -0.05) is 31.5 Å². The maximum atomic E-state index is 3.62. The van der Waals surface area contributed by atoms with E-state index in [4.69, 9.17) is 0 Å². The van der Waals surface area contributed by atoms with Crippen molar-refractivity contribution in [2.75, 3.05) is 7.05 Å². The molecule has 2 aliphatic rings. The number of hydrogen-bond donors (Lipinski definition) is 1. The molecule has 3 rings (SSSR count). The molecule has 0 bridgehead atoms. The van der Waals surface area contributed by atoms with E-state index in [9.17, 15) is 0 Å². The summed E-state index contributed by atoms with van der Waals surface area (Å²) >= 11 is 0. The maximum absolute atomic E-state index is 3.62. The van der Waals surface area contributed by atoms with Gasteiger partial charge in [0, 0.05) is 5.54 Å². The fourth-order valence-corrected chi connectivity index (χ4v) is 4.17. The Morgan fingerprint density at radius 1 is 1.22 bits per heavy atom. The highest BCUT2D eigenvalue weighted by molar-refractivity contribution is 5.37. The van der Waals surface area contributed by atoms with E-state index in [2.05, 4.69) is 44.4 Å². The van der Waals surface area contributed by atoms with Crippen LogP contribution >= 0.6 is 0 Å². The van der Waals surface area contributed by atoms with Gasteiger partial charge in [0.15, 0.2) is 0 Å². The highest BCUT2D eigenvalue weighted by atomic mass is 15.0. The molecule has 0 radical (unpaired) electrons. The van der Waals surface area contributed by atoms with Crippen LogP contribution in [0.5, 0.6) is 0 Å². The molecule has 1 N–H and O–H groups in total. The molecule has 0 atom stereocenters. The van der Waals surface area contributed by atoms with Gasteiger partial charge in [0.25, 0.3) is 0 Å². The predicted molar refractivity (Wildman–Crippen MR) is 76.8 cm³/mol. The summed E-state index contributed by atoms with van der Waals surface area (Å²) in [5.41, 5.74) is 5.44. The zero-order valence-electron chi connectivity index (χ0n) is 12.0. The van der Waals surface area contributed by atoms with Gasteiger partial charge in [0.2, 0.25) is 0 Å². The van der Waals surface area contributed by atoms with Crippen LogP contribution < -0.4 is 5.32 Å². The molecular weight excluding hydrogens is 218 g/mol. The number of nitrogens with one attached hydrogen (secondary N) is 1. The molecular formula is C17H25N. The minimum Gasteiger partial charge on any atom is -0.310 e. The summed E-state index contributed by atoms with van der Waals surface area (Å²) in [4.78, 5) is 0. The predicted octanol–water partition coefficient (Wildman–Crippen LogP) is 3.94. The normalized spacial score (nSPS) is 23.5. The monoisotopic (exact) mass is 243 g/mol. The second kappa shape index (κ2) is 4.09. The lowest BCUT2D eigenvalue weighted by molar-refractivity contribution is -0.0624. The van der Waals surface area contributed by atoms with E-state index >= 15 is 0 Å². The van der Waals surface area contributed by atoms with Gasteiger partial charge in [-0.15, -0.1) is 0 Å². The van der Waals surface area contributed by atoms with Crippen molar-refractivity contribution in [2.24, 2.45) is 5.41 Å². The number of aryl methyl sites for hydroxylation is 2. The first-order valence-electron chi connectivity index (χ1n) is 7.42. The lowest BCUT2D eigenvalue weighted by Crippen LogP contribution is -2.59. The van der Waals surface area contributed by atoms with Crippen LogP contribution in [0.3, 0.4) is 0 Å². The van der Waals surface area contributed by atoms with Crippen LogP contribution in [0.4, 0.5) is 0 Å². The minimum atomic E-state index is 0.275. The van der Waals surface area contributed by atoms with E-state index in [0.717, 1.165) is 6.42 Å². The van der Waals surface area contributed by atoms with E-state index in [0.29, 0.717) is 5.41 Å². The summed E-state index contributed by atoms with van der Waals surface area (Å²) in [5, 5.41) is 3.62. The van der Waals surface area contributed by atoms with Crippen LogP contribution in [0.25, 0.3) is 0 Å². The highest BCUT2D eigenvalue weighted by Gasteiger charge is 2.56. The van der Waals surface area contributed by atoms with E-state index in [1.807, 2.05) is 0 Å². The van der Waals surface area contributed by atoms with E-state index in [1.165, 1.54) is 48.8 Å². The van der Waals surface area contributed by atoms with Gasteiger partial charge >= 0.3 is 0 Å². The lowest BCUT2D eigenvalue weighted by Gasteiger charge is -2.61. The Bertz CT molecular complexity index is 449. The fourth-order valence-electron chi connectivity index (χ4n) is 4.17. The molecule has 1 spiro atoms. The van der Waals surface area contributed by atoms with Gasteiger partial charge in [-0.2, -0.15) is 0 Å². The molecule has 2 aliphatic carbocycles. The SMILES string of the molecule is CCc1ccc(C2(NC)CC3(CCC3)C2)cc1C. The molecule has 0 aromatic heterocycles. The van der Waals surface area contributed by atoms with Crippen molar-refractivity contribution >= 4 is 0 Å². The summed E-state index contributed by atoms with van der Waals surface area (Å²) in [6.07, 6.45) is 8.21. The molecule has 0 amide bonds. The Morgan fingerprint density at radius 2 is 1.94 bits per heavy atom. The average molecular weight is 243 g/mol. The lowest BCUT2D eigenvalue weighted by atomic mass is 9.47. The van der Waals surface area contributed by atoms with Gasteiger partial charge in [-0.05, 0) is 68.2 Å². The van der Waals surface area contributed by atoms with Gasteiger partial charge < -0.3 is 5.32 Å². The first-order valence-corrected chi connectivity index (χ1v) is 7.42. The van der Waals surface area contributed by atoms with Crippen molar-refractivity contribution in [3.63, 3.8) is 0 Å². The molecule has 0 heterocycles. The topological polar surface area (TPSA) is 12.0 Å². The molecule has 2 fully saturated rings. The van der Waals surface area contributed by atoms with Crippen LogP contribution in [-0.2, 0) is 12.0 Å². The third-order valence-corrected chi connectivity index (χ3v) is 5.52. The summed E-state index contributed by atoms with van der Waals surface area (Å²) in [7, 11) is 2.13. The molecule has 1 aromatic carbocycles. The third kappa shape index (κ3) is 1.64.